The van der Waals surface area contributed by atoms with Crippen LogP contribution in [-0.4, -0.2) is 10.9 Å². The lowest BCUT2D eigenvalue weighted by molar-refractivity contribution is 0.0951. The van der Waals surface area contributed by atoms with Crippen LogP contribution in [0.5, 0.6) is 0 Å². The highest BCUT2D eigenvalue weighted by molar-refractivity contribution is 7.21. The first-order chi connectivity index (χ1) is 13.1. The van der Waals surface area contributed by atoms with E-state index in [-0.39, 0.29) is 5.91 Å². The van der Waals surface area contributed by atoms with Crippen molar-refractivity contribution in [3.63, 3.8) is 0 Å². The van der Waals surface area contributed by atoms with Crippen LogP contribution in [0.15, 0.2) is 66.7 Å². The zero-order valence-corrected chi connectivity index (χ0v) is 16.4. The number of rotatable bonds is 4. The zero-order valence-electron chi connectivity index (χ0n) is 14.1. The van der Waals surface area contributed by atoms with E-state index in [1.165, 1.54) is 4.70 Å². The van der Waals surface area contributed by atoms with Gasteiger partial charge in [-0.2, -0.15) is 0 Å². The van der Waals surface area contributed by atoms with Crippen LogP contribution in [-0.2, 0) is 6.54 Å². The lowest BCUT2D eigenvalue weighted by Gasteiger charge is -2.08. The molecule has 0 saturated heterocycles. The molecule has 3 nitrogen and oxygen atoms in total. The quantitative estimate of drug-likeness (QED) is 0.433. The Bertz CT molecular complexity index is 1090. The van der Waals surface area contributed by atoms with Gasteiger partial charge >= 0.3 is 0 Å². The summed E-state index contributed by atoms with van der Waals surface area (Å²) in [6, 6.07) is 20.9. The SMILES string of the molecule is O=C(NCc1ccc(-c2nc3ccccc3s2)cc1)c1cc(Cl)ccc1Cl. The van der Waals surface area contributed by atoms with E-state index >= 15 is 0 Å². The Hall–Kier alpha value is -2.40. The van der Waals surface area contributed by atoms with Crippen molar-refractivity contribution in [2.75, 3.05) is 0 Å². The smallest absolute Gasteiger partial charge is 0.253 e. The predicted molar refractivity (Wildman–Crippen MR) is 113 cm³/mol. The van der Waals surface area contributed by atoms with Crippen LogP contribution < -0.4 is 5.32 Å². The van der Waals surface area contributed by atoms with Gasteiger partial charge < -0.3 is 5.32 Å². The van der Waals surface area contributed by atoms with Crippen molar-refractivity contribution in [1.82, 2.24) is 10.3 Å². The van der Waals surface area contributed by atoms with Crippen molar-refractivity contribution in [3.8, 4) is 10.6 Å². The van der Waals surface area contributed by atoms with Crippen LogP contribution in [0.2, 0.25) is 10.0 Å². The minimum atomic E-state index is -0.252. The van der Waals surface area contributed by atoms with Gasteiger partial charge in [-0.3, -0.25) is 4.79 Å². The molecule has 1 amide bonds. The number of amides is 1. The van der Waals surface area contributed by atoms with E-state index in [1.807, 2.05) is 42.5 Å². The molecule has 0 saturated carbocycles. The van der Waals surface area contributed by atoms with E-state index in [2.05, 4.69) is 16.4 Å². The number of fused-ring (bicyclic) bond motifs is 1. The molecular weight excluding hydrogens is 399 g/mol. The van der Waals surface area contributed by atoms with Gasteiger partial charge in [0.2, 0.25) is 0 Å². The maximum atomic E-state index is 12.3. The average Bonchev–Trinajstić information content (AvgIpc) is 3.12. The largest absolute Gasteiger partial charge is 0.348 e. The fourth-order valence-corrected chi connectivity index (χ4v) is 4.06. The van der Waals surface area contributed by atoms with E-state index < -0.39 is 0 Å². The number of nitrogens with zero attached hydrogens (tertiary/aromatic N) is 1. The van der Waals surface area contributed by atoms with Crippen molar-refractivity contribution in [2.45, 2.75) is 6.54 Å². The highest BCUT2D eigenvalue weighted by Crippen LogP contribution is 2.30. The molecule has 134 valence electrons. The second kappa shape index (κ2) is 7.69. The van der Waals surface area contributed by atoms with Gasteiger partial charge in [-0.15, -0.1) is 11.3 Å². The first-order valence-corrected chi connectivity index (χ1v) is 9.85. The molecule has 1 aromatic heterocycles. The van der Waals surface area contributed by atoms with E-state index in [4.69, 9.17) is 23.2 Å². The standard InChI is InChI=1S/C21H14Cl2N2OS/c22-15-9-10-17(23)16(11-15)20(26)24-12-13-5-7-14(8-6-13)21-25-18-3-1-2-4-19(18)27-21/h1-11H,12H2,(H,24,26). The first-order valence-electron chi connectivity index (χ1n) is 8.28. The number of hydrogen-bond donors (Lipinski definition) is 1. The minimum Gasteiger partial charge on any atom is -0.348 e. The van der Waals surface area contributed by atoms with Crippen molar-refractivity contribution >= 4 is 50.7 Å². The minimum absolute atomic E-state index is 0.252. The summed E-state index contributed by atoms with van der Waals surface area (Å²) < 4.78 is 1.17. The molecular formula is C21H14Cl2N2OS. The van der Waals surface area contributed by atoms with Gasteiger partial charge in [0.1, 0.15) is 5.01 Å². The third-order valence-electron chi connectivity index (χ3n) is 4.12. The Kier molecular flexibility index (Phi) is 5.12. The molecule has 27 heavy (non-hydrogen) atoms. The van der Waals surface area contributed by atoms with Crippen molar-refractivity contribution in [1.29, 1.82) is 0 Å². The Morgan fingerprint density at radius 1 is 1.00 bits per heavy atom. The van der Waals surface area contributed by atoms with Gasteiger partial charge in [-0.05, 0) is 35.9 Å². The number of halogens is 2. The predicted octanol–water partition coefficient (Wildman–Crippen LogP) is 6.20. The Morgan fingerprint density at radius 3 is 2.56 bits per heavy atom. The molecule has 0 radical (unpaired) electrons. The van der Waals surface area contributed by atoms with Gasteiger partial charge in [0.25, 0.3) is 5.91 Å². The molecule has 0 bridgehead atoms. The summed E-state index contributed by atoms with van der Waals surface area (Å²) in [6.07, 6.45) is 0. The third-order valence-corrected chi connectivity index (χ3v) is 5.77. The molecule has 0 spiro atoms. The molecule has 0 aliphatic heterocycles. The number of carbonyl (C=O) groups is 1. The molecule has 1 N–H and O–H groups in total. The average molecular weight is 413 g/mol. The number of hydrogen-bond acceptors (Lipinski definition) is 3. The van der Waals surface area contributed by atoms with Gasteiger partial charge in [-0.25, -0.2) is 4.98 Å². The van der Waals surface area contributed by atoms with Crippen LogP contribution in [0, 0.1) is 0 Å². The van der Waals surface area contributed by atoms with Crippen LogP contribution in [0.4, 0.5) is 0 Å². The summed E-state index contributed by atoms with van der Waals surface area (Å²) >= 11 is 13.7. The second-order valence-corrected chi connectivity index (χ2v) is 7.86. The van der Waals surface area contributed by atoms with Gasteiger partial charge in [0.15, 0.2) is 0 Å². The van der Waals surface area contributed by atoms with Crippen LogP contribution in [0.3, 0.4) is 0 Å². The number of aromatic nitrogens is 1. The fraction of sp³-hybridized carbons (Fsp3) is 0.0476. The summed E-state index contributed by atoms with van der Waals surface area (Å²) in [4.78, 5) is 17.0. The van der Waals surface area contributed by atoms with Gasteiger partial charge in [0.05, 0.1) is 20.8 Å². The van der Waals surface area contributed by atoms with E-state index in [1.54, 1.807) is 29.5 Å². The van der Waals surface area contributed by atoms with Crippen molar-refractivity contribution in [2.24, 2.45) is 0 Å². The van der Waals surface area contributed by atoms with Crippen LogP contribution in [0.25, 0.3) is 20.8 Å². The van der Waals surface area contributed by atoms with Crippen molar-refractivity contribution < 1.29 is 4.79 Å². The van der Waals surface area contributed by atoms with E-state index in [9.17, 15) is 4.79 Å². The molecule has 0 atom stereocenters. The highest BCUT2D eigenvalue weighted by atomic mass is 35.5. The maximum Gasteiger partial charge on any atom is 0.253 e. The van der Waals surface area contributed by atoms with Crippen LogP contribution >= 0.6 is 34.5 Å². The second-order valence-electron chi connectivity index (χ2n) is 5.99. The molecule has 1 heterocycles. The number of para-hydroxylation sites is 1. The molecule has 4 aromatic rings. The summed E-state index contributed by atoms with van der Waals surface area (Å²) in [7, 11) is 0. The van der Waals surface area contributed by atoms with E-state index in [0.717, 1.165) is 21.7 Å². The van der Waals surface area contributed by atoms with Crippen molar-refractivity contribution in [3.05, 3.63) is 87.9 Å². The van der Waals surface area contributed by atoms with Gasteiger partial charge in [0, 0.05) is 17.1 Å². The van der Waals surface area contributed by atoms with E-state index in [0.29, 0.717) is 22.2 Å². The maximum absolute atomic E-state index is 12.3. The fourth-order valence-electron chi connectivity index (χ4n) is 2.71. The number of carbonyl (C=O) groups excluding carboxylic acids is 1. The highest BCUT2D eigenvalue weighted by Gasteiger charge is 2.11. The third kappa shape index (κ3) is 3.98. The molecule has 0 aliphatic carbocycles. The Labute approximate surface area is 170 Å². The summed E-state index contributed by atoms with van der Waals surface area (Å²) in [5, 5.41) is 4.71. The van der Waals surface area contributed by atoms with Gasteiger partial charge in [-0.1, -0.05) is 59.6 Å². The lowest BCUT2D eigenvalue weighted by Crippen LogP contribution is -2.23. The summed E-state index contributed by atoms with van der Waals surface area (Å²) in [5.74, 6) is -0.252. The lowest BCUT2D eigenvalue weighted by atomic mass is 10.1. The number of benzene rings is 3. The summed E-state index contributed by atoms with van der Waals surface area (Å²) in [6.45, 7) is 0.405. The molecule has 0 aliphatic rings. The molecule has 4 rings (SSSR count). The summed E-state index contributed by atoms with van der Waals surface area (Å²) in [5.41, 5.74) is 3.43. The molecule has 0 fully saturated rings. The normalized spacial score (nSPS) is 10.9. The van der Waals surface area contributed by atoms with Crippen LogP contribution in [0.1, 0.15) is 15.9 Å². The first kappa shape index (κ1) is 18.0. The molecule has 0 unspecified atom stereocenters. The monoisotopic (exact) mass is 412 g/mol. The number of thiazole rings is 1. The molecule has 3 aromatic carbocycles. The zero-order chi connectivity index (χ0) is 18.8. The topological polar surface area (TPSA) is 42.0 Å². The number of nitrogens with one attached hydrogen (secondary N) is 1. The molecule has 6 heteroatoms. The Balaban J connectivity index is 1.46. The Morgan fingerprint density at radius 2 is 1.78 bits per heavy atom.